The van der Waals surface area contributed by atoms with Gasteiger partial charge in [0.2, 0.25) is 5.91 Å². The zero-order valence-electron chi connectivity index (χ0n) is 9.14. The number of hydrogen-bond acceptors (Lipinski definition) is 5. The Morgan fingerprint density at radius 2 is 2.29 bits per heavy atom. The van der Waals surface area contributed by atoms with E-state index < -0.39 is 11.9 Å². The summed E-state index contributed by atoms with van der Waals surface area (Å²) in [4.78, 5) is 21.5. The number of amides is 1. The van der Waals surface area contributed by atoms with Crippen LogP contribution in [0.4, 0.5) is 0 Å². The van der Waals surface area contributed by atoms with E-state index in [-0.39, 0.29) is 6.61 Å². The van der Waals surface area contributed by atoms with Gasteiger partial charge >= 0.3 is 5.97 Å². The van der Waals surface area contributed by atoms with Gasteiger partial charge in [-0.15, -0.1) is 11.3 Å². The highest BCUT2D eigenvalue weighted by atomic mass is 32.1. The number of nitrogens with one attached hydrogen (secondary N) is 1. The number of aromatic carboxylic acids is 1. The lowest BCUT2D eigenvalue weighted by Gasteiger charge is -2.04. The summed E-state index contributed by atoms with van der Waals surface area (Å²) in [5, 5.41) is 13.6. The number of carbonyl (C=O) groups is 2. The smallest absolute Gasteiger partial charge is 0.346 e. The van der Waals surface area contributed by atoms with Crippen molar-refractivity contribution in [2.24, 2.45) is 5.73 Å². The van der Waals surface area contributed by atoms with Crippen LogP contribution >= 0.6 is 11.3 Å². The molecule has 1 rings (SSSR count). The van der Waals surface area contributed by atoms with Gasteiger partial charge in [0, 0.05) is 13.1 Å². The van der Waals surface area contributed by atoms with E-state index in [2.05, 4.69) is 5.32 Å². The van der Waals surface area contributed by atoms with Crippen molar-refractivity contribution >= 4 is 23.2 Å². The molecule has 0 aromatic carbocycles. The van der Waals surface area contributed by atoms with Crippen molar-refractivity contribution in [1.29, 1.82) is 0 Å². The number of nitrogens with two attached hydrogens (primary N) is 1. The van der Waals surface area contributed by atoms with Gasteiger partial charge in [0.25, 0.3) is 0 Å². The quantitative estimate of drug-likeness (QED) is 0.571. The van der Waals surface area contributed by atoms with Gasteiger partial charge in [0.15, 0.2) is 0 Å². The molecule has 1 aromatic rings. The molecule has 0 aliphatic rings. The maximum atomic E-state index is 10.8. The van der Waals surface area contributed by atoms with Crippen LogP contribution in [0.2, 0.25) is 0 Å². The van der Waals surface area contributed by atoms with Crippen LogP contribution in [0.25, 0.3) is 0 Å². The molecule has 0 radical (unpaired) electrons. The van der Waals surface area contributed by atoms with Crippen molar-refractivity contribution in [3.05, 3.63) is 21.9 Å². The highest BCUT2D eigenvalue weighted by Gasteiger charge is 2.10. The van der Waals surface area contributed by atoms with Gasteiger partial charge in [-0.05, 0) is 17.0 Å². The molecule has 0 spiro atoms. The van der Waals surface area contributed by atoms with Gasteiger partial charge in [-0.2, -0.15) is 0 Å². The minimum Gasteiger partial charge on any atom is -0.477 e. The first kappa shape index (κ1) is 13.6. The maximum Gasteiger partial charge on any atom is 0.346 e. The molecule has 7 heteroatoms. The number of hydrogen-bond donors (Lipinski definition) is 3. The molecule has 0 saturated carbocycles. The van der Waals surface area contributed by atoms with Crippen LogP contribution in [0.15, 0.2) is 11.4 Å². The summed E-state index contributed by atoms with van der Waals surface area (Å²) in [5.41, 5.74) is 5.64. The number of carboxylic acids is 1. The zero-order valence-corrected chi connectivity index (χ0v) is 9.96. The Bertz CT molecular complexity index is 391. The predicted octanol–water partition coefficient (Wildman–Crippen LogP) is 0.0378. The van der Waals surface area contributed by atoms with Gasteiger partial charge in [-0.3, -0.25) is 4.79 Å². The number of ether oxygens (including phenoxy) is 1. The van der Waals surface area contributed by atoms with E-state index in [1.807, 2.05) is 0 Å². The lowest BCUT2D eigenvalue weighted by molar-refractivity contribution is -0.122. The Kier molecular flexibility index (Phi) is 5.61. The second-order valence-corrected chi connectivity index (χ2v) is 4.19. The van der Waals surface area contributed by atoms with Gasteiger partial charge < -0.3 is 20.9 Å². The standard InChI is InChI=1S/C10H14N2O4S/c11-8(13)6-16-3-2-12-5-7-1-4-17-9(7)10(14)15/h1,4,12H,2-3,5-6H2,(H2,11,13)(H,14,15). The van der Waals surface area contributed by atoms with Crippen molar-refractivity contribution in [2.45, 2.75) is 6.54 Å². The number of carboxylic acid groups (broad SMARTS) is 1. The topological polar surface area (TPSA) is 102 Å². The van der Waals surface area contributed by atoms with Crippen molar-refractivity contribution in [2.75, 3.05) is 19.8 Å². The molecule has 0 aliphatic heterocycles. The van der Waals surface area contributed by atoms with Crippen LogP contribution < -0.4 is 11.1 Å². The third-order valence-corrected chi connectivity index (χ3v) is 2.87. The SMILES string of the molecule is NC(=O)COCCNCc1ccsc1C(=O)O. The molecule has 1 heterocycles. The summed E-state index contributed by atoms with van der Waals surface area (Å²) in [6.45, 7) is 1.25. The first-order valence-electron chi connectivity index (χ1n) is 4.97. The summed E-state index contributed by atoms with van der Waals surface area (Å²) < 4.78 is 4.94. The van der Waals surface area contributed by atoms with Crippen LogP contribution in [-0.2, 0) is 16.1 Å². The molecule has 94 valence electrons. The largest absolute Gasteiger partial charge is 0.477 e. The molecule has 1 amide bonds. The minimum absolute atomic E-state index is 0.0967. The van der Waals surface area contributed by atoms with Crippen LogP contribution in [-0.4, -0.2) is 36.7 Å². The van der Waals surface area contributed by atoms with Gasteiger partial charge in [0.05, 0.1) is 6.61 Å². The Balaban J connectivity index is 2.20. The van der Waals surface area contributed by atoms with Gasteiger partial charge in [-0.1, -0.05) is 0 Å². The zero-order chi connectivity index (χ0) is 12.7. The average Bonchev–Trinajstić information content (AvgIpc) is 2.71. The van der Waals surface area contributed by atoms with Crippen molar-refractivity contribution in [3.8, 4) is 0 Å². The highest BCUT2D eigenvalue weighted by molar-refractivity contribution is 7.12. The fourth-order valence-corrected chi connectivity index (χ4v) is 1.96. The molecule has 17 heavy (non-hydrogen) atoms. The van der Waals surface area contributed by atoms with Crippen LogP contribution in [0.3, 0.4) is 0 Å². The Morgan fingerprint density at radius 1 is 1.53 bits per heavy atom. The third kappa shape index (κ3) is 4.94. The molecule has 6 nitrogen and oxygen atoms in total. The molecule has 0 aliphatic carbocycles. The first-order chi connectivity index (χ1) is 8.11. The second-order valence-electron chi connectivity index (χ2n) is 3.28. The molecule has 0 unspecified atom stereocenters. The normalized spacial score (nSPS) is 10.4. The lowest BCUT2D eigenvalue weighted by Crippen LogP contribution is -2.24. The van der Waals surface area contributed by atoms with Crippen LogP contribution in [0.5, 0.6) is 0 Å². The Labute approximate surface area is 102 Å². The summed E-state index contributed by atoms with van der Waals surface area (Å²) in [5.74, 6) is -1.42. The second kappa shape index (κ2) is 7.00. The van der Waals surface area contributed by atoms with Crippen molar-refractivity contribution in [1.82, 2.24) is 5.32 Å². The number of rotatable bonds is 8. The van der Waals surface area contributed by atoms with Crippen molar-refractivity contribution in [3.63, 3.8) is 0 Å². The van der Waals surface area contributed by atoms with Crippen molar-refractivity contribution < 1.29 is 19.4 Å². The fraction of sp³-hybridized carbons (Fsp3) is 0.400. The van der Waals surface area contributed by atoms with E-state index in [9.17, 15) is 9.59 Å². The molecule has 1 aromatic heterocycles. The Morgan fingerprint density at radius 3 is 2.94 bits per heavy atom. The average molecular weight is 258 g/mol. The van der Waals surface area contributed by atoms with Crippen LogP contribution in [0.1, 0.15) is 15.2 Å². The first-order valence-corrected chi connectivity index (χ1v) is 5.85. The molecule has 0 atom stereocenters. The molecule has 4 N–H and O–H groups in total. The predicted molar refractivity (Wildman–Crippen MR) is 63.0 cm³/mol. The van der Waals surface area contributed by atoms with E-state index in [0.717, 1.165) is 5.56 Å². The molecule has 0 bridgehead atoms. The fourth-order valence-electron chi connectivity index (χ4n) is 1.20. The van der Waals surface area contributed by atoms with E-state index in [0.29, 0.717) is 24.6 Å². The molecule has 0 fully saturated rings. The number of carbonyl (C=O) groups excluding carboxylic acids is 1. The van der Waals surface area contributed by atoms with Gasteiger partial charge in [-0.25, -0.2) is 4.79 Å². The molecular formula is C10H14N2O4S. The van der Waals surface area contributed by atoms with E-state index >= 15 is 0 Å². The van der Waals surface area contributed by atoms with E-state index in [4.69, 9.17) is 15.6 Å². The highest BCUT2D eigenvalue weighted by Crippen LogP contribution is 2.16. The maximum absolute atomic E-state index is 10.8. The summed E-state index contributed by atoms with van der Waals surface area (Å²) in [6.07, 6.45) is 0. The number of primary amides is 1. The Hall–Kier alpha value is -1.44. The van der Waals surface area contributed by atoms with E-state index in [1.165, 1.54) is 11.3 Å². The van der Waals surface area contributed by atoms with E-state index in [1.54, 1.807) is 11.4 Å². The minimum atomic E-state index is -0.915. The number of thiophene rings is 1. The monoisotopic (exact) mass is 258 g/mol. The third-order valence-electron chi connectivity index (χ3n) is 1.92. The summed E-state index contributed by atoms with van der Waals surface area (Å²) in [6, 6.07) is 1.77. The molecule has 0 saturated heterocycles. The summed E-state index contributed by atoms with van der Waals surface area (Å²) in [7, 11) is 0. The van der Waals surface area contributed by atoms with Gasteiger partial charge in [0.1, 0.15) is 11.5 Å². The molecular weight excluding hydrogens is 244 g/mol. The lowest BCUT2D eigenvalue weighted by atomic mass is 10.2. The van der Waals surface area contributed by atoms with Crippen LogP contribution in [0, 0.1) is 0 Å². The summed E-state index contributed by atoms with van der Waals surface area (Å²) >= 11 is 1.20.